The standard InChI is InChI=1S/C13H17N7/c1-3-14-8-11-10-6-4-5-7-12(10)20(16-11)9-13-15-18-19(2)17-13/h4-7,14H,3,8-9H2,1-2H3. The van der Waals surface area contributed by atoms with Crippen molar-refractivity contribution in [1.82, 2.24) is 35.3 Å². The van der Waals surface area contributed by atoms with E-state index < -0.39 is 0 Å². The van der Waals surface area contributed by atoms with Gasteiger partial charge in [0.15, 0.2) is 5.82 Å². The Bertz CT molecular complexity index is 712. The van der Waals surface area contributed by atoms with E-state index in [1.807, 2.05) is 16.8 Å². The van der Waals surface area contributed by atoms with Crippen LogP contribution in [0.3, 0.4) is 0 Å². The van der Waals surface area contributed by atoms with Crippen molar-refractivity contribution in [3.8, 4) is 0 Å². The smallest absolute Gasteiger partial charge is 0.196 e. The molecule has 3 aromatic rings. The predicted molar refractivity (Wildman–Crippen MR) is 75.0 cm³/mol. The number of para-hydroxylation sites is 1. The Morgan fingerprint density at radius 3 is 2.80 bits per heavy atom. The van der Waals surface area contributed by atoms with Crippen LogP contribution in [0.4, 0.5) is 0 Å². The van der Waals surface area contributed by atoms with Gasteiger partial charge in [0.1, 0.15) is 6.54 Å². The molecule has 0 aliphatic rings. The largest absolute Gasteiger partial charge is 0.311 e. The quantitative estimate of drug-likeness (QED) is 0.740. The fraction of sp³-hybridized carbons (Fsp3) is 0.385. The number of nitrogens with zero attached hydrogens (tertiary/aromatic N) is 6. The van der Waals surface area contributed by atoms with E-state index in [2.05, 4.69) is 44.9 Å². The molecule has 2 heterocycles. The van der Waals surface area contributed by atoms with Gasteiger partial charge in [0.2, 0.25) is 0 Å². The molecule has 1 aromatic carbocycles. The molecule has 7 heteroatoms. The van der Waals surface area contributed by atoms with Gasteiger partial charge in [-0.1, -0.05) is 25.1 Å². The van der Waals surface area contributed by atoms with Crippen LogP contribution >= 0.6 is 0 Å². The minimum Gasteiger partial charge on any atom is -0.311 e. The first-order valence-corrected chi connectivity index (χ1v) is 6.66. The Labute approximate surface area is 116 Å². The molecule has 0 radical (unpaired) electrons. The highest BCUT2D eigenvalue weighted by molar-refractivity contribution is 5.81. The molecule has 104 valence electrons. The number of fused-ring (bicyclic) bond motifs is 1. The maximum absolute atomic E-state index is 4.67. The first kappa shape index (κ1) is 12.7. The fourth-order valence-corrected chi connectivity index (χ4v) is 2.21. The molecule has 0 bridgehead atoms. The summed E-state index contributed by atoms with van der Waals surface area (Å²) >= 11 is 0. The van der Waals surface area contributed by atoms with Crippen molar-refractivity contribution in [1.29, 1.82) is 0 Å². The van der Waals surface area contributed by atoms with Crippen LogP contribution in [0.25, 0.3) is 10.9 Å². The van der Waals surface area contributed by atoms with Gasteiger partial charge in [0.25, 0.3) is 0 Å². The number of aromatic nitrogens is 6. The molecule has 20 heavy (non-hydrogen) atoms. The van der Waals surface area contributed by atoms with Gasteiger partial charge < -0.3 is 5.32 Å². The van der Waals surface area contributed by atoms with Crippen LogP contribution in [-0.2, 0) is 20.1 Å². The maximum atomic E-state index is 4.67. The summed E-state index contributed by atoms with van der Waals surface area (Å²) in [5, 5.41) is 21.2. The van der Waals surface area contributed by atoms with E-state index in [0.29, 0.717) is 12.4 Å². The second-order valence-corrected chi connectivity index (χ2v) is 4.60. The van der Waals surface area contributed by atoms with Crippen LogP contribution in [0.5, 0.6) is 0 Å². The molecule has 0 spiro atoms. The van der Waals surface area contributed by atoms with Gasteiger partial charge >= 0.3 is 0 Å². The van der Waals surface area contributed by atoms with E-state index in [4.69, 9.17) is 0 Å². The van der Waals surface area contributed by atoms with Gasteiger partial charge in [0.05, 0.1) is 18.3 Å². The van der Waals surface area contributed by atoms with Crippen molar-refractivity contribution in [2.24, 2.45) is 7.05 Å². The van der Waals surface area contributed by atoms with E-state index in [9.17, 15) is 0 Å². The highest BCUT2D eigenvalue weighted by Gasteiger charge is 2.11. The van der Waals surface area contributed by atoms with E-state index in [1.165, 1.54) is 4.80 Å². The van der Waals surface area contributed by atoms with Gasteiger partial charge in [-0.3, -0.25) is 4.68 Å². The Morgan fingerprint density at radius 1 is 1.20 bits per heavy atom. The van der Waals surface area contributed by atoms with Gasteiger partial charge in [0, 0.05) is 11.9 Å². The third-order valence-corrected chi connectivity index (χ3v) is 3.12. The first-order valence-electron chi connectivity index (χ1n) is 6.66. The third-order valence-electron chi connectivity index (χ3n) is 3.12. The predicted octanol–water partition coefficient (Wildman–Crippen LogP) is 0.718. The molecule has 1 N–H and O–H groups in total. The number of hydrogen-bond acceptors (Lipinski definition) is 5. The normalized spacial score (nSPS) is 11.3. The minimum absolute atomic E-state index is 0.528. The number of tetrazole rings is 1. The molecule has 0 saturated heterocycles. The lowest BCUT2D eigenvalue weighted by molar-refractivity contribution is 0.616. The molecule has 3 rings (SSSR count). The summed E-state index contributed by atoms with van der Waals surface area (Å²) in [5.74, 6) is 0.663. The Balaban J connectivity index is 1.97. The zero-order valence-corrected chi connectivity index (χ0v) is 11.6. The Hall–Kier alpha value is -2.28. The van der Waals surface area contributed by atoms with Crippen molar-refractivity contribution in [2.75, 3.05) is 6.54 Å². The summed E-state index contributed by atoms with van der Waals surface area (Å²) in [5.41, 5.74) is 2.14. The van der Waals surface area contributed by atoms with Crippen molar-refractivity contribution in [3.63, 3.8) is 0 Å². The van der Waals surface area contributed by atoms with Crippen molar-refractivity contribution < 1.29 is 0 Å². The van der Waals surface area contributed by atoms with Gasteiger partial charge in [-0.15, -0.1) is 10.2 Å². The van der Waals surface area contributed by atoms with Gasteiger partial charge in [-0.05, 0) is 17.8 Å². The maximum Gasteiger partial charge on any atom is 0.196 e. The molecular formula is C13H17N7. The SMILES string of the molecule is CCNCc1nn(Cc2nnn(C)n2)c2ccccc12. The van der Waals surface area contributed by atoms with Crippen molar-refractivity contribution >= 4 is 10.9 Å². The Kier molecular flexibility index (Phi) is 3.42. The topological polar surface area (TPSA) is 73.5 Å². The van der Waals surface area contributed by atoms with E-state index in [-0.39, 0.29) is 0 Å². The number of aryl methyl sites for hydroxylation is 1. The molecule has 2 aromatic heterocycles. The van der Waals surface area contributed by atoms with Crippen LogP contribution in [0.1, 0.15) is 18.4 Å². The van der Waals surface area contributed by atoms with E-state index >= 15 is 0 Å². The summed E-state index contributed by atoms with van der Waals surface area (Å²) in [4.78, 5) is 1.46. The molecule has 0 amide bonds. The van der Waals surface area contributed by atoms with Crippen LogP contribution in [0, 0.1) is 0 Å². The fourth-order valence-electron chi connectivity index (χ4n) is 2.21. The molecule has 0 aliphatic heterocycles. The van der Waals surface area contributed by atoms with E-state index in [0.717, 1.165) is 29.7 Å². The molecule has 0 unspecified atom stereocenters. The summed E-state index contributed by atoms with van der Waals surface area (Å²) in [7, 11) is 1.76. The summed E-state index contributed by atoms with van der Waals surface area (Å²) in [6.45, 7) is 4.30. The minimum atomic E-state index is 0.528. The zero-order valence-electron chi connectivity index (χ0n) is 11.6. The van der Waals surface area contributed by atoms with Gasteiger partial charge in [-0.2, -0.15) is 9.90 Å². The highest BCUT2D eigenvalue weighted by atomic mass is 15.6. The summed E-state index contributed by atoms with van der Waals surface area (Å²) in [6, 6.07) is 8.20. The highest BCUT2D eigenvalue weighted by Crippen LogP contribution is 2.18. The molecule has 0 atom stereocenters. The van der Waals surface area contributed by atoms with Crippen LogP contribution in [-0.4, -0.2) is 36.5 Å². The summed E-state index contributed by atoms with van der Waals surface area (Å²) in [6.07, 6.45) is 0. The number of hydrogen-bond donors (Lipinski definition) is 1. The lowest BCUT2D eigenvalue weighted by atomic mass is 10.2. The number of rotatable bonds is 5. The monoisotopic (exact) mass is 271 g/mol. The average Bonchev–Trinajstić information content (AvgIpc) is 3.02. The number of benzene rings is 1. The molecule has 0 aliphatic carbocycles. The third kappa shape index (κ3) is 2.39. The number of nitrogens with one attached hydrogen (secondary N) is 1. The first-order chi connectivity index (χ1) is 9.78. The molecule has 7 nitrogen and oxygen atoms in total. The molecule has 0 fully saturated rings. The van der Waals surface area contributed by atoms with Crippen LogP contribution < -0.4 is 5.32 Å². The average molecular weight is 271 g/mol. The van der Waals surface area contributed by atoms with Crippen molar-refractivity contribution in [2.45, 2.75) is 20.0 Å². The second kappa shape index (κ2) is 5.38. The summed E-state index contributed by atoms with van der Waals surface area (Å²) < 4.78 is 1.93. The van der Waals surface area contributed by atoms with Gasteiger partial charge in [-0.25, -0.2) is 0 Å². The van der Waals surface area contributed by atoms with E-state index in [1.54, 1.807) is 7.05 Å². The molecular weight excluding hydrogens is 254 g/mol. The lowest BCUT2D eigenvalue weighted by Gasteiger charge is -1.98. The van der Waals surface area contributed by atoms with Crippen LogP contribution in [0.15, 0.2) is 24.3 Å². The zero-order chi connectivity index (χ0) is 13.9. The second-order valence-electron chi connectivity index (χ2n) is 4.60. The van der Waals surface area contributed by atoms with Crippen LogP contribution in [0.2, 0.25) is 0 Å². The lowest BCUT2D eigenvalue weighted by Crippen LogP contribution is -2.13. The van der Waals surface area contributed by atoms with Crippen molar-refractivity contribution in [3.05, 3.63) is 35.8 Å². The Morgan fingerprint density at radius 2 is 2.05 bits per heavy atom. The molecule has 0 saturated carbocycles.